The Labute approximate surface area is 120 Å². The monoisotopic (exact) mass is 321 g/mol. The predicted octanol–water partition coefficient (Wildman–Crippen LogP) is 2.46. The van der Waals surface area contributed by atoms with Crippen molar-refractivity contribution in [2.24, 2.45) is 7.05 Å². The molecular weight excluding hydrogens is 306 g/mol. The second-order valence-electron chi connectivity index (χ2n) is 4.39. The molecule has 100 valence electrons. The average Bonchev–Trinajstić information content (AvgIpc) is 2.71. The van der Waals surface area contributed by atoms with Gasteiger partial charge in [0, 0.05) is 18.1 Å². The molecule has 0 aliphatic heterocycles. The Morgan fingerprint density at radius 3 is 2.79 bits per heavy atom. The number of aromatic nitrogens is 2. The zero-order valence-electron chi connectivity index (χ0n) is 11.0. The summed E-state index contributed by atoms with van der Waals surface area (Å²) in [6, 6.07) is 9.80. The highest BCUT2D eigenvalue weighted by Gasteiger charge is 2.11. The topological polar surface area (TPSA) is 46.9 Å². The van der Waals surface area contributed by atoms with Crippen LogP contribution in [0.2, 0.25) is 0 Å². The highest BCUT2D eigenvalue weighted by atomic mass is 79.9. The molecule has 0 aliphatic carbocycles. The van der Waals surface area contributed by atoms with E-state index in [1.54, 1.807) is 17.8 Å². The maximum atomic E-state index is 12.0. The third kappa shape index (κ3) is 3.44. The Bertz CT molecular complexity index is 592. The summed E-state index contributed by atoms with van der Waals surface area (Å²) in [5.41, 5.74) is 2.62. The van der Waals surface area contributed by atoms with Crippen LogP contribution in [0.3, 0.4) is 0 Å². The van der Waals surface area contributed by atoms with E-state index in [0.29, 0.717) is 12.2 Å². The van der Waals surface area contributed by atoms with E-state index in [4.69, 9.17) is 0 Å². The third-order valence-corrected chi connectivity index (χ3v) is 3.65. The van der Waals surface area contributed by atoms with Gasteiger partial charge in [-0.25, -0.2) is 0 Å². The molecule has 0 bridgehead atoms. The largest absolute Gasteiger partial charge is 0.350 e. The van der Waals surface area contributed by atoms with Gasteiger partial charge in [-0.3, -0.25) is 9.48 Å². The number of nitrogens with one attached hydrogen (secondary N) is 1. The van der Waals surface area contributed by atoms with Crippen LogP contribution in [0.1, 0.15) is 21.7 Å². The van der Waals surface area contributed by atoms with E-state index in [9.17, 15) is 4.79 Å². The fourth-order valence-electron chi connectivity index (χ4n) is 1.93. The van der Waals surface area contributed by atoms with Gasteiger partial charge in [-0.2, -0.15) is 5.10 Å². The van der Waals surface area contributed by atoms with Crippen molar-refractivity contribution in [3.05, 3.63) is 51.8 Å². The minimum atomic E-state index is -0.0878. The molecule has 0 saturated carbocycles. The lowest BCUT2D eigenvalue weighted by Crippen LogP contribution is -2.27. The van der Waals surface area contributed by atoms with E-state index in [2.05, 4.69) is 26.3 Å². The van der Waals surface area contributed by atoms with E-state index in [-0.39, 0.29) is 5.91 Å². The van der Waals surface area contributed by atoms with Gasteiger partial charge >= 0.3 is 0 Å². The summed E-state index contributed by atoms with van der Waals surface area (Å²) < 4.78 is 2.67. The second kappa shape index (κ2) is 6.02. The molecule has 5 heteroatoms. The number of rotatable bonds is 4. The molecule has 0 atom stereocenters. The molecule has 2 aromatic rings. The van der Waals surface area contributed by atoms with Crippen molar-refractivity contribution in [3.63, 3.8) is 0 Å². The van der Waals surface area contributed by atoms with Gasteiger partial charge in [-0.15, -0.1) is 0 Å². The number of carbonyl (C=O) groups excluding carboxylic acids is 1. The lowest BCUT2D eigenvalue weighted by molar-refractivity contribution is 0.0944. The number of amides is 1. The van der Waals surface area contributed by atoms with Crippen LogP contribution >= 0.6 is 15.9 Å². The van der Waals surface area contributed by atoms with Crippen molar-refractivity contribution in [2.75, 3.05) is 6.54 Å². The molecule has 1 aromatic heterocycles. The Balaban J connectivity index is 1.91. The van der Waals surface area contributed by atoms with Crippen molar-refractivity contribution >= 4 is 21.8 Å². The molecule has 0 unspecified atom stereocenters. The quantitative estimate of drug-likeness (QED) is 0.940. The van der Waals surface area contributed by atoms with Gasteiger partial charge in [0.2, 0.25) is 0 Å². The number of halogens is 1. The Hall–Kier alpha value is -1.62. The summed E-state index contributed by atoms with van der Waals surface area (Å²) >= 11 is 3.50. The summed E-state index contributed by atoms with van der Waals surface area (Å²) in [5, 5.41) is 7.07. The first-order chi connectivity index (χ1) is 9.08. The molecular formula is C14H16BrN3O. The van der Waals surface area contributed by atoms with Crippen LogP contribution in [0.15, 0.2) is 34.8 Å². The van der Waals surface area contributed by atoms with Crippen LogP contribution in [0.4, 0.5) is 0 Å². The summed E-state index contributed by atoms with van der Waals surface area (Å²) in [6.07, 6.45) is 0.796. The van der Waals surface area contributed by atoms with Crippen molar-refractivity contribution in [1.29, 1.82) is 0 Å². The van der Waals surface area contributed by atoms with Crippen molar-refractivity contribution in [1.82, 2.24) is 15.1 Å². The minimum absolute atomic E-state index is 0.0878. The highest BCUT2D eigenvalue weighted by molar-refractivity contribution is 9.10. The normalized spacial score (nSPS) is 10.5. The van der Waals surface area contributed by atoms with Gasteiger partial charge in [-0.1, -0.05) is 34.1 Å². The molecule has 0 radical (unpaired) electrons. The fourth-order valence-corrected chi connectivity index (χ4v) is 2.41. The second-order valence-corrected chi connectivity index (χ2v) is 5.25. The van der Waals surface area contributed by atoms with Crippen molar-refractivity contribution in [2.45, 2.75) is 13.3 Å². The molecule has 2 rings (SSSR count). The Morgan fingerprint density at radius 2 is 2.16 bits per heavy atom. The van der Waals surface area contributed by atoms with Crippen LogP contribution in [0, 0.1) is 6.92 Å². The van der Waals surface area contributed by atoms with Crippen LogP contribution in [0.5, 0.6) is 0 Å². The van der Waals surface area contributed by atoms with Crippen molar-refractivity contribution < 1.29 is 4.79 Å². The van der Waals surface area contributed by atoms with E-state index >= 15 is 0 Å². The smallest absolute Gasteiger partial charge is 0.269 e. The number of aryl methyl sites for hydroxylation is 2. The minimum Gasteiger partial charge on any atom is -0.350 e. The molecule has 0 fully saturated rings. The van der Waals surface area contributed by atoms with Gasteiger partial charge < -0.3 is 5.32 Å². The standard InChI is InChI=1S/C14H16BrN3O/c1-10-9-13(18(2)17-10)14(19)16-8-7-11-5-3-4-6-12(11)15/h3-6,9H,7-8H2,1-2H3,(H,16,19). The highest BCUT2D eigenvalue weighted by Crippen LogP contribution is 2.15. The lowest BCUT2D eigenvalue weighted by Gasteiger charge is -2.06. The first-order valence-corrected chi connectivity index (χ1v) is 6.89. The van der Waals surface area contributed by atoms with Crippen LogP contribution in [-0.2, 0) is 13.5 Å². The Kier molecular flexibility index (Phi) is 4.37. The van der Waals surface area contributed by atoms with Gasteiger partial charge in [0.05, 0.1) is 5.69 Å². The van der Waals surface area contributed by atoms with Crippen LogP contribution < -0.4 is 5.32 Å². The molecule has 0 spiro atoms. The number of nitrogens with zero attached hydrogens (tertiary/aromatic N) is 2. The Morgan fingerprint density at radius 1 is 1.42 bits per heavy atom. The van der Waals surface area contributed by atoms with Crippen LogP contribution in [0.25, 0.3) is 0 Å². The first-order valence-electron chi connectivity index (χ1n) is 6.10. The molecule has 4 nitrogen and oxygen atoms in total. The zero-order chi connectivity index (χ0) is 13.8. The van der Waals surface area contributed by atoms with E-state index < -0.39 is 0 Å². The van der Waals surface area contributed by atoms with E-state index in [0.717, 1.165) is 16.6 Å². The van der Waals surface area contributed by atoms with Gasteiger partial charge in [0.25, 0.3) is 5.91 Å². The first kappa shape index (κ1) is 13.8. The van der Waals surface area contributed by atoms with E-state index in [1.165, 1.54) is 5.56 Å². The number of hydrogen-bond donors (Lipinski definition) is 1. The average molecular weight is 322 g/mol. The number of carbonyl (C=O) groups is 1. The zero-order valence-corrected chi connectivity index (χ0v) is 12.6. The molecule has 1 amide bonds. The summed E-state index contributed by atoms with van der Waals surface area (Å²) in [5.74, 6) is -0.0878. The molecule has 1 N–H and O–H groups in total. The maximum Gasteiger partial charge on any atom is 0.269 e. The predicted molar refractivity (Wildman–Crippen MR) is 78.1 cm³/mol. The van der Waals surface area contributed by atoms with Crippen LogP contribution in [-0.4, -0.2) is 22.2 Å². The molecule has 19 heavy (non-hydrogen) atoms. The summed E-state index contributed by atoms with van der Waals surface area (Å²) in [4.78, 5) is 12.0. The molecule has 1 aromatic carbocycles. The van der Waals surface area contributed by atoms with Gasteiger partial charge in [0.15, 0.2) is 0 Å². The molecule has 0 aliphatic rings. The molecule has 1 heterocycles. The van der Waals surface area contributed by atoms with Crippen molar-refractivity contribution in [3.8, 4) is 0 Å². The van der Waals surface area contributed by atoms with E-state index in [1.807, 2.05) is 31.2 Å². The third-order valence-electron chi connectivity index (χ3n) is 2.87. The maximum absolute atomic E-state index is 12.0. The lowest BCUT2D eigenvalue weighted by atomic mass is 10.1. The summed E-state index contributed by atoms with van der Waals surface area (Å²) in [6.45, 7) is 2.48. The van der Waals surface area contributed by atoms with Gasteiger partial charge in [0.1, 0.15) is 5.69 Å². The number of hydrogen-bond acceptors (Lipinski definition) is 2. The SMILES string of the molecule is Cc1cc(C(=O)NCCc2ccccc2Br)n(C)n1. The summed E-state index contributed by atoms with van der Waals surface area (Å²) in [7, 11) is 1.77. The van der Waals surface area contributed by atoms with Gasteiger partial charge in [-0.05, 0) is 31.0 Å². The molecule has 0 saturated heterocycles. The fraction of sp³-hybridized carbons (Fsp3) is 0.286. The number of benzene rings is 1.